The van der Waals surface area contributed by atoms with Gasteiger partial charge in [0.05, 0.1) is 12.2 Å². The van der Waals surface area contributed by atoms with Crippen molar-refractivity contribution in [1.82, 2.24) is 4.90 Å². The van der Waals surface area contributed by atoms with E-state index in [1.807, 2.05) is 32.0 Å². The normalized spacial score (nSPS) is 20.9. The second-order valence-electron chi connectivity index (χ2n) is 5.67. The molecule has 2 unspecified atom stereocenters. The van der Waals surface area contributed by atoms with Gasteiger partial charge >= 0.3 is 0 Å². The molecule has 20 heavy (non-hydrogen) atoms. The molecule has 4 nitrogen and oxygen atoms in total. The predicted molar refractivity (Wildman–Crippen MR) is 85.7 cm³/mol. The number of amides is 1. The van der Waals surface area contributed by atoms with Gasteiger partial charge in [0, 0.05) is 17.1 Å². The van der Waals surface area contributed by atoms with Crippen molar-refractivity contribution in [3.05, 3.63) is 28.2 Å². The lowest BCUT2D eigenvalue weighted by Gasteiger charge is -2.17. The summed E-state index contributed by atoms with van der Waals surface area (Å²) in [5, 5.41) is 2.95. The molecule has 0 aromatic heterocycles. The maximum Gasteiger partial charge on any atom is 0.238 e. The summed E-state index contributed by atoms with van der Waals surface area (Å²) in [6, 6.07) is 6.11. The third-order valence-corrected chi connectivity index (χ3v) is 4.47. The van der Waals surface area contributed by atoms with E-state index in [2.05, 4.69) is 26.1 Å². The van der Waals surface area contributed by atoms with Gasteiger partial charge in [-0.25, -0.2) is 0 Å². The van der Waals surface area contributed by atoms with Crippen LogP contribution in [0.3, 0.4) is 0 Å². The summed E-state index contributed by atoms with van der Waals surface area (Å²) >= 11 is 3.47. The van der Waals surface area contributed by atoms with Gasteiger partial charge in [-0.05, 0) is 66.4 Å². The van der Waals surface area contributed by atoms with Crippen molar-refractivity contribution in [2.24, 2.45) is 11.7 Å². The number of hydrogen-bond donors (Lipinski definition) is 2. The Kier molecular flexibility index (Phi) is 5.18. The third-order valence-electron chi connectivity index (χ3n) is 3.82. The van der Waals surface area contributed by atoms with Gasteiger partial charge < -0.3 is 11.1 Å². The van der Waals surface area contributed by atoms with Gasteiger partial charge in [0.15, 0.2) is 0 Å². The Morgan fingerprint density at radius 2 is 2.35 bits per heavy atom. The van der Waals surface area contributed by atoms with E-state index >= 15 is 0 Å². The van der Waals surface area contributed by atoms with E-state index in [4.69, 9.17) is 5.73 Å². The Morgan fingerprint density at radius 3 is 2.95 bits per heavy atom. The van der Waals surface area contributed by atoms with Gasteiger partial charge in [-0.15, -0.1) is 0 Å². The zero-order valence-electron chi connectivity index (χ0n) is 12.0. The van der Waals surface area contributed by atoms with E-state index < -0.39 is 0 Å². The maximum atomic E-state index is 12.1. The van der Waals surface area contributed by atoms with Crippen LogP contribution in [0.15, 0.2) is 22.7 Å². The fourth-order valence-corrected chi connectivity index (χ4v) is 3.14. The Balaban J connectivity index is 1.87. The zero-order chi connectivity index (χ0) is 14.7. The number of carbonyl (C=O) groups excluding carboxylic acids is 1. The lowest BCUT2D eigenvalue weighted by molar-refractivity contribution is -0.117. The van der Waals surface area contributed by atoms with Gasteiger partial charge in [-0.2, -0.15) is 0 Å². The molecule has 2 atom stereocenters. The first-order valence-electron chi connectivity index (χ1n) is 6.99. The molecule has 1 aliphatic rings. The molecule has 1 amide bonds. The van der Waals surface area contributed by atoms with Gasteiger partial charge in [0.1, 0.15) is 0 Å². The van der Waals surface area contributed by atoms with Crippen LogP contribution in [0.4, 0.5) is 5.69 Å². The SMILES string of the molecule is Cc1ccc(NC(=O)CN2CCC(C(C)N)C2)c(Br)c1. The summed E-state index contributed by atoms with van der Waals surface area (Å²) in [5.41, 5.74) is 7.90. The number of likely N-dealkylation sites (tertiary alicyclic amines) is 1. The van der Waals surface area contributed by atoms with Crippen molar-refractivity contribution in [3.63, 3.8) is 0 Å². The number of benzene rings is 1. The number of nitrogens with zero attached hydrogens (tertiary/aromatic N) is 1. The van der Waals surface area contributed by atoms with Crippen molar-refractivity contribution >= 4 is 27.5 Å². The van der Waals surface area contributed by atoms with E-state index in [0.717, 1.165) is 35.2 Å². The summed E-state index contributed by atoms with van der Waals surface area (Å²) in [7, 11) is 0. The van der Waals surface area contributed by atoms with E-state index in [-0.39, 0.29) is 11.9 Å². The first-order chi connectivity index (χ1) is 9.45. The molecule has 0 aliphatic carbocycles. The second-order valence-corrected chi connectivity index (χ2v) is 6.53. The highest BCUT2D eigenvalue weighted by molar-refractivity contribution is 9.10. The van der Waals surface area contributed by atoms with Crippen LogP contribution in [0.2, 0.25) is 0 Å². The second kappa shape index (κ2) is 6.70. The minimum atomic E-state index is 0.0277. The summed E-state index contributed by atoms with van der Waals surface area (Å²) in [5.74, 6) is 0.536. The van der Waals surface area contributed by atoms with Crippen LogP contribution in [-0.4, -0.2) is 36.5 Å². The topological polar surface area (TPSA) is 58.4 Å². The molecule has 0 bridgehead atoms. The van der Waals surface area contributed by atoms with Crippen LogP contribution in [0.1, 0.15) is 18.9 Å². The standard InChI is InChI=1S/C15H22BrN3O/c1-10-3-4-14(13(16)7-10)18-15(20)9-19-6-5-12(8-19)11(2)17/h3-4,7,11-12H,5-6,8-9,17H2,1-2H3,(H,18,20). The van der Waals surface area contributed by atoms with E-state index in [1.54, 1.807) is 0 Å². The molecule has 0 spiro atoms. The average molecular weight is 340 g/mol. The van der Waals surface area contributed by atoms with Crippen molar-refractivity contribution < 1.29 is 4.79 Å². The molecule has 0 radical (unpaired) electrons. The molecule has 1 aliphatic heterocycles. The van der Waals surface area contributed by atoms with Gasteiger partial charge in [-0.3, -0.25) is 9.69 Å². The van der Waals surface area contributed by atoms with Crippen molar-refractivity contribution in [1.29, 1.82) is 0 Å². The largest absolute Gasteiger partial charge is 0.328 e. The lowest BCUT2D eigenvalue weighted by Crippen LogP contribution is -2.34. The number of anilines is 1. The van der Waals surface area contributed by atoms with Crippen LogP contribution in [-0.2, 0) is 4.79 Å². The number of rotatable bonds is 4. The summed E-state index contributed by atoms with van der Waals surface area (Å²) in [4.78, 5) is 14.2. The molecule has 1 saturated heterocycles. The number of aryl methyl sites for hydroxylation is 1. The molecule has 3 N–H and O–H groups in total. The minimum Gasteiger partial charge on any atom is -0.328 e. The van der Waals surface area contributed by atoms with Gasteiger partial charge in [-0.1, -0.05) is 6.07 Å². The van der Waals surface area contributed by atoms with E-state index in [1.165, 1.54) is 0 Å². The number of hydrogen-bond acceptors (Lipinski definition) is 3. The Labute approximate surface area is 128 Å². The molecule has 110 valence electrons. The van der Waals surface area contributed by atoms with E-state index in [0.29, 0.717) is 12.5 Å². The summed E-state index contributed by atoms with van der Waals surface area (Å²) in [6.45, 7) is 6.37. The predicted octanol–water partition coefficient (Wildman–Crippen LogP) is 2.37. The molecule has 5 heteroatoms. The summed E-state index contributed by atoms with van der Waals surface area (Å²) < 4.78 is 0.917. The number of nitrogens with two attached hydrogens (primary N) is 1. The van der Waals surface area contributed by atoms with Crippen LogP contribution < -0.4 is 11.1 Å². The van der Waals surface area contributed by atoms with Crippen molar-refractivity contribution in [2.45, 2.75) is 26.3 Å². The average Bonchev–Trinajstić information content (AvgIpc) is 2.81. The first-order valence-corrected chi connectivity index (χ1v) is 7.79. The molecular weight excluding hydrogens is 318 g/mol. The quantitative estimate of drug-likeness (QED) is 0.885. The van der Waals surface area contributed by atoms with Gasteiger partial charge in [0.2, 0.25) is 5.91 Å². The summed E-state index contributed by atoms with van der Waals surface area (Å²) in [6.07, 6.45) is 1.08. The maximum absolute atomic E-state index is 12.1. The first kappa shape index (κ1) is 15.5. The highest BCUT2D eigenvalue weighted by Crippen LogP contribution is 2.23. The third kappa shape index (κ3) is 4.04. The highest BCUT2D eigenvalue weighted by Gasteiger charge is 2.26. The van der Waals surface area contributed by atoms with Crippen LogP contribution in [0, 0.1) is 12.8 Å². The van der Waals surface area contributed by atoms with Gasteiger partial charge in [0.25, 0.3) is 0 Å². The number of carbonyl (C=O) groups is 1. The number of halogens is 1. The molecule has 1 aromatic rings. The highest BCUT2D eigenvalue weighted by atomic mass is 79.9. The fourth-order valence-electron chi connectivity index (χ4n) is 2.55. The molecule has 1 heterocycles. The minimum absolute atomic E-state index is 0.0277. The smallest absolute Gasteiger partial charge is 0.238 e. The van der Waals surface area contributed by atoms with Crippen LogP contribution in [0.5, 0.6) is 0 Å². The monoisotopic (exact) mass is 339 g/mol. The molecule has 0 saturated carbocycles. The van der Waals surface area contributed by atoms with Crippen molar-refractivity contribution in [2.75, 3.05) is 25.0 Å². The fraction of sp³-hybridized carbons (Fsp3) is 0.533. The lowest BCUT2D eigenvalue weighted by atomic mass is 10.0. The molecule has 1 fully saturated rings. The molecule has 2 rings (SSSR count). The zero-order valence-corrected chi connectivity index (χ0v) is 13.6. The van der Waals surface area contributed by atoms with E-state index in [9.17, 15) is 4.79 Å². The van der Waals surface area contributed by atoms with Crippen molar-refractivity contribution in [3.8, 4) is 0 Å². The van der Waals surface area contributed by atoms with Crippen LogP contribution in [0.25, 0.3) is 0 Å². The molecule has 1 aromatic carbocycles. The molecular formula is C15H22BrN3O. The Hall–Kier alpha value is -0.910. The Bertz CT molecular complexity index is 490. The number of nitrogens with one attached hydrogen (secondary N) is 1. The Morgan fingerprint density at radius 1 is 1.60 bits per heavy atom. The van der Waals surface area contributed by atoms with Crippen LogP contribution >= 0.6 is 15.9 Å².